The average Bonchev–Trinajstić information content (AvgIpc) is 3.60. The van der Waals surface area contributed by atoms with Gasteiger partial charge in [0.05, 0.1) is 16.8 Å². The molecule has 13 nitrogen and oxygen atoms in total. The summed E-state index contributed by atoms with van der Waals surface area (Å²) < 4.78 is 7.79. The van der Waals surface area contributed by atoms with Crippen molar-refractivity contribution in [1.29, 1.82) is 0 Å². The first-order valence-corrected chi connectivity index (χ1v) is 13.6. The lowest BCUT2D eigenvalue weighted by Crippen LogP contribution is -2.44. The van der Waals surface area contributed by atoms with Crippen LogP contribution < -0.4 is 26.8 Å². The summed E-state index contributed by atoms with van der Waals surface area (Å²) >= 11 is 0. The zero-order valence-electron chi connectivity index (χ0n) is 23.6. The van der Waals surface area contributed by atoms with E-state index in [1.807, 2.05) is 12.1 Å². The summed E-state index contributed by atoms with van der Waals surface area (Å²) in [6.45, 7) is 5.69. The average molecular weight is 569 g/mol. The van der Waals surface area contributed by atoms with Gasteiger partial charge in [0.15, 0.2) is 0 Å². The summed E-state index contributed by atoms with van der Waals surface area (Å²) in [5.41, 5.74) is 10.2. The smallest absolute Gasteiger partial charge is 0.262 e. The maximum absolute atomic E-state index is 12.9. The molecule has 1 saturated heterocycles. The van der Waals surface area contributed by atoms with Crippen LogP contribution in [0.1, 0.15) is 12.5 Å². The molecule has 42 heavy (non-hydrogen) atoms. The number of benzene rings is 2. The van der Waals surface area contributed by atoms with Crippen LogP contribution in [-0.4, -0.2) is 68.8 Å². The standard InChI is InChI=1S/C29H32N10O3/c1-17(40)31-22-9-6-19(14-23(22)32-29-33-25-24(26(41)34-29)20(15-30)16-38(25)3)28-36-35-27(42-28)18-4-7-21(8-5-18)39-12-10-37(2)11-13-39/h4-9,14,16H,10-13,15,30H2,1-3H3,(H,31,40)(H2,32,33,34,41). The van der Waals surface area contributed by atoms with Gasteiger partial charge >= 0.3 is 0 Å². The van der Waals surface area contributed by atoms with Gasteiger partial charge in [0.2, 0.25) is 23.6 Å². The lowest BCUT2D eigenvalue weighted by atomic mass is 10.1. The van der Waals surface area contributed by atoms with Gasteiger partial charge in [-0.3, -0.25) is 14.6 Å². The number of nitrogens with two attached hydrogens (primary N) is 1. The van der Waals surface area contributed by atoms with Crippen molar-refractivity contribution in [3.05, 3.63) is 64.6 Å². The quantitative estimate of drug-likeness (QED) is 0.230. The lowest BCUT2D eigenvalue weighted by molar-refractivity contribution is -0.114. The molecule has 0 radical (unpaired) electrons. The van der Waals surface area contributed by atoms with Crippen molar-refractivity contribution in [3.8, 4) is 22.9 Å². The third kappa shape index (κ3) is 5.34. The van der Waals surface area contributed by atoms with E-state index in [2.05, 4.69) is 59.8 Å². The molecular formula is C29H32N10O3. The summed E-state index contributed by atoms with van der Waals surface area (Å²) in [6, 6.07) is 13.4. The number of nitrogens with one attached hydrogen (secondary N) is 3. The second-order valence-corrected chi connectivity index (χ2v) is 10.4. The van der Waals surface area contributed by atoms with Crippen LogP contribution in [-0.2, 0) is 18.4 Å². The topological polar surface area (TPSA) is 163 Å². The van der Waals surface area contributed by atoms with Crippen LogP contribution in [0.5, 0.6) is 0 Å². The molecule has 1 fully saturated rings. The highest BCUT2D eigenvalue weighted by Gasteiger charge is 2.18. The van der Waals surface area contributed by atoms with Crippen molar-refractivity contribution in [3.63, 3.8) is 0 Å². The highest BCUT2D eigenvalue weighted by molar-refractivity contribution is 5.94. The van der Waals surface area contributed by atoms with Crippen molar-refractivity contribution in [2.75, 3.05) is 48.8 Å². The number of carbonyl (C=O) groups excluding carboxylic acids is 1. The second kappa shape index (κ2) is 11.1. The van der Waals surface area contributed by atoms with Gasteiger partial charge in [-0.1, -0.05) is 0 Å². The first-order chi connectivity index (χ1) is 20.3. The summed E-state index contributed by atoms with van der Waals surface area (Å²) in [7, 11) is 3.94. The number of fused-ring (bicyclic) bond motifs is 1. The van der Waals surface area contributed by atoms with E-state index in [-0.39, 0.29) is 24.0 Å². The number of piperazine rings is 1. The summed E-state index contributed by atoms with van der Waals surface area (Å²) in [5.74, 6) is 0.647. The fraction of sp³-hybridized carbons (Fsp3) is 0.276. The molecule has 5 aromatic rings. The minimum absolute atomic E-state index is 0.202. The second-order valence-electron chi connectivity index (χ2n) is 10.4. The van der Waals surface area contributed by atoms with E-state index in [0.717, 1.165) is 37.4 Å². The van der Waals surface area contributed by atoms with Crippen LogP contribution in [0, 0.1) is 0 Å². The van der Waals surface area contributed by atoms with Gasteiger partial charge in [-0.25, -0.2) is 0 Å². The van der Waals surface area contributed by atoms with E-state index in [1.165, 1.54) is 6.92 Å². The molecule has 2 aromatic carbocycles. The molecule has 0 aliphatic carbocycles. The van der Waals surface area contributed by atoms with Gasteiger partial charge < -0.3 is 35.2 Å². The van der Waals surface area contributed by atoms with Gasteiger partial charge in [-0.2, -0.15) is 4.98 Å². The third-order valence-electron chi connectivity index (χ3n) is 7.36. The Labute approximate surface area is 241 Å². The van der Waals surface area contributed by atoms with E-state index < -0.39 is 0 Å². The first-order valence-electron chi connectivity index (χ1n) is 13.6. The molecule has 3 aromatic heterocycles. The van der Waals surface area contributed by atoms with Gasteiger partial charge in [-0.05, 0) is 55.1 Å². The molecule has 13 heteroatoms. The molecule has 6 rings (SSSR count). The molecule has 4 heterocycles. The van der Waals surface area contributed by atoms with Crippen LogP contribution >= 0.6 is 0 Å². The molecule has 216 valence electrons. The van der Waals surface area contributed by atoms with Crippen LogP contribution in [0.2, 0.25) is 0 Å². The highest BCUT2D eigenvalue weighted by atomic mass is 16.4. The largest absolute Gasteiger partial charge is 0.416 e. The Morgan fingerprint density at radius 2 is 1.69 bits per heavy atom. The van der Waals surface area contributed by atoms with Crippen LogP contribution in [0.4, 0.5) is 23.0 Å². The minimum atomic E-state index is -0.319. The third-order valence-corrected chi connectivity index (χ3v) is 7.36. The molecular weight excluding hydrogens is 536 g/mol. The number of aromatic nitrogens is 5. The molecule has 1 aliphatic heterocycles. The maximum atomic E-state index is 12.9. The molecule has 1 aliphatic rings. The van der Waals surface area contributed by atoms with Crippen LogP contribution in [0.25, 0.3) is 33.9 Å². The Balaban J connectivity index is 1.28. The number of nitrogens with zero attached hydrogens (tertiary/aromatic N) is 6. The highest BCUT2D eigenvalue weighted by Crippen LogP contribution is 2.32. The normalized spacial score (nSPS) is 14.0. The fourth-order valence-electron chi connectivity index (χ4n) is 5.12. The zero-order chi connectivity index (χ0) is 29.4. The van der Waals surface area contributed by atoms with Crippen molar-refractivity contribution in [2.24, 2.45) is 12.8 Å². The summed E-state index contributed by atoms with van der Waals surface area (Å²) in [4.78, 5) is 36.8. The first kappa shape index (κ1) is 27.2. The van der Waals surface area contributed by atoms with E-state index in [9.17, 15) is 9.59 Å². The number of amides is 1. The lowest BCUT2D eigenvalue weighted by Gasteiger charge is -2.34. The van der Waals surface area contributed by atoms with Gasteiger partial charge in [-0.15, -0.1) is 10.2 Å². The molecule has 5 N–H and O–H groups in total. The SMILES string of the molecule is CC(=O)Nc1ccc(-c2nnc(-c3ccc(N4CCN(C)CC4)cc3)o2)cc1Nc1nc2c(c(CN)cn2C)c(=O)[nH]1. The summed E-state index contributed by atoms with van der Waals surface area (Å²) in [6.07, 6.45) is 1.78. The zero-order valence-corrected chi connectivity index (χ0v) is 23.6. The summed E-state index contributed by atoms with van der Waals surface area (Å²) in [5, 5.41) is 14.9. The monoisotopic (exact) mass is 568 g/mol. The predicted molar refractivity (Wildman–Crippen MR) is 162 cm³/mol. The number of H-pyrrole nitrogens is 1. The fourth-order valence-corrected chi connectivity index (χ4v) is 5.12. The Morgan fingerprint density at radius 1 is 1.00 bits per heavy atom. The maximum Gasteiger partial charge on any atom is 0.262 e. The predicted octanol–water partition coefficient (Wildman–Crippen LogP) is 2.89. The number of carbonyl (C=O) groups is 1. The minimum Gasteiger partial charge on any atom is -0.416 e. The molecule has 0 unspecified atom stereocenters. The molecule has 0 atom stereocenters. The number of hydrogen-bond donors (Lipinski definition) is 4. The molecule has 0 bridgehead atoms. The number of hydrogen-bond acceptors (Lipinski definition) is 10. The molecule has 0 saturated carbocycles. The molecule has 0 spiro atoms. The number of rotatable bonds is 7. The van der Waals surface area contributed by atoms with Crippen molar-refractivity contribution in [2.45, 2.75) is 13.5 Å². The van der Waals surface area contributed by atoms with E-state index in [4.69, 9.17) is 10.2 Å². The van der Waals surface area contributed by atoms with Crippen molar-refractivity contribution in [1.82, 2.24) is 29.6 Å². The Morgan fingerprint density at radius 3 is 2.38 bits per heavy atom. The van der Waals surface area contributed by atoms with Crippen molar-refractivity contribution >= 4 is 40.0 Å². The Bertz CT molecular complexity index is 1810. The number of aryl methyl sites for hydroxylation is 1. The van der Waals surface area contributed by atoms with Crippen LogP contribution in [0.3, 0.4) is 0 Å². The number of anilines is 4. The van der Waals surface area contributed by atoms with Crippen molar-refractivity contribution < 1.29 is 9.21 Å². The van der Waals surface area contributed by atoms with E-state index in [1.54, 1.807) is 36.0 Å². The van der Waals surface area contributed by atoms with E-state index in [0.29, 0.717) is 45.3 Å². The number of likely N-dealkylation sites (N-methyl/N-ethyl adjacent to an activating group) is 1. The van der Waals surface area contributed by atoms with Gasteiger partial charge in [0.25, 0.3) is 5.56 Å². The Hall–Kier alpha value is -5.01. The van der Waals surface area contributed by atoms with Crippen LogP contribution in [0.15, 0.2) is 57.9 Å². The Kier molecular flexibility index (Phi) is 7.19. The number of aromatic amines is 1. The van der Waals surface area contributed by atoms with E-state index >= 15 is 0 Å². The molecule has 1 amide bonds. The van der Waals surface area contributed by atoms with Gasteiger partial charge in [0.1, 0.15) is 5.65 Å². The van der Waals surface area contributed by atoms with Gasteiger partial charge in [0, 0.05) is 69.7 Å².